The highest BCUT2D eigenvalue weighted by Crippen LogP contribution is 2.18. The van der Waals surface area contributed by atoms with Crippen LogP contribution in [0.1, 0.15) is 15.9 Å². The summed E-state index contributed by atoms with van der Waals surface area (Å²) in [6.45, 7) is 0.547. The second kappa shape index (κ2) is 4.62. The normalized spacial score (nSPS) is 10.1. The van der Waals surface area contributed by atoms with Gasteiger partial charge in [0.2, 0.25) is 0 Å². The van der Waals surface area contributed by atoms with Gasteiger partial charge in [0.15, 0.2) is 0 Å². The zero-order valence-corrected chi connectivity index (χ0v) is 7.86. The van der Waals surface area contributed by atoms with Crippen LogP contribution in [-0.2, 0) is 11.2 Å². The summed E-state index contributed by atoms with van der Waals surface area (Å²) >= 11 is 0. The molecule has 0 bridgehead atoms. The lowest BCUT2D eigenvalue weighted by molar-refractivity contribution is 0.0693. The summed E-state index contributed by atoms with van der Waals surface area (Å²) in [4.78, 5) is 10.6. The molecule has 0 unspecified atom stereocenters. The summed E-state index contributed by atoms with van der Waals surface area (Å²) in [5.41, 5.74) is 0.778. The maximum atomic E-state index is 10.6. The monoisotopic (exact) mass is 196 g/mol. The number of hydrogen-bond acceptors (Lipinski definition) is 3. The van der Waals surface area contributed by atoms with Crippen LogP contribution in [-0.4, -0.2) is 29.9 Å². The Morgan fingerprint density at radius 3 is 2.71 bits per heavy atom. The fourth-order valence-corrected chi connectivity index (χ4v) is 1.13. The van der Waals surface area contributed by atoms with Crippen molar-refractivity contribution in [2.24, 2.45) is 0 Å². The summed E-state index contributed by atoms with van der Waals surface area (Å²) < 4.78 is 4.87. The molecule has 0 spiro atoms. The van der Waals surface area contributed by atoms with Crippen LogP contribution < -0.4 is 0 Å². The largest absolute Gasteiger partial charge is 0.507 e. The Kier molecular flexibility index (Phi) is 3.48. The highest BCUT2D eigenvalue weighted by atomic mass is 16.5. The van der Waals surface area contributed by atoms with Crippen LogP contribution in [0, 0.1) is 0 Å². The van der Waals surface area contributed by atoms with Crippen molar-refractivity contribution in [2.75, 3.05) is 13.7 Å². The summed E-state index contributed by atoms with van der Waals surface area (Å²) in [7, 11) is 1.59. The highest BCUT2D eigenvalue weighted by molar-refractivity contribution is 5.90. The number of carboxylic acid groups (broad SMARTS) is 1. The van der Waals surface area contributed by atoms with Crippen molar-refractivity contribution >= 4 is 5.97 Å². The van der Waals surface area contributed by atoms with E-state index in [1.165, 1.54) is 12.1 Å². The van der Waals surface area contributed by atoms with E-state index in [9.17, 15) is 9.90 Å². The molecule has 0 aliphatic carbocycles. The predicted octanol–water partition coefficient (Wildman–Crippen LogP) is 1.28. The van der Waals surface area contributed by atoms with Gasteiger partial charge in [0.1, 0.15) is 11.3 Å². The number of methoxy groups -OCH3 is 1. The average molecular weight is 196 g/mol. The number of benzene rings is 1. The Balaban J connectivity index is 2.83. The third kappa shape index (κ3) is 2.47. The SMILES string of the molecule is COCCc1ccc(C(=O)O)c(O)c1. The van der Waals surface area contributed by atoms with E-state index in [-0.39, 0.29) is 11.3 Å². The Morgan fingerprint density at radius 1 is 1.50 bits per heavy atom. The van der Waals surface area contributed by atoms with E-state index < -0.39 is 5.97 Å². The molecule has 0 radical (unpaired) electrons. The van der Waals surface area contributed by atoms with Crippen LogP contribution in [0.4, 0.5) is 0 Å². The van der Waals surface area contributed by atoms with Gasteiger partial charge in [-0.25, -0.2) is 4.79 Å². The first-order valence-corrected chi connectivity index (χ1v) is 4.19. The Morgan fingerprint density at radius 2 is 2.21 bits per heavy atom. The molecular weight excluding hydrogens is 184 g/mol. The minimum absolute atomic E-state index is 0.0776. The van der Waals surface area contributed by atoms with Crippen molar-refractivity contribution in [3.8, 4) is 5.75 Å². The number of rotatable bonds is 4. The van der Waals surface area contributed by atoms with Crippen molar-refractivity contribution in [1.82, 2.24) is 0 Å². The van der Waals surface area contributed by atoms with Gasteiger partial charge in [-0.05, 0) is 24.1 Å². The zero-order chi connectivity index (χ0) is 10.6. The maximum absolute atomic E-state index is 10.6. The molecule has 0 atom stereocenters. The van der Waals surface area contributed by atoms with Gasteiger partial charge >= 0.3 is 5.97 Å². The van der Waals surface area contributed by atoms with E-state index in [0.29, 0.717) is 13.0 Å². The van der Waals surface area contributed by atoms with Crippen LogP contribution in [0.15, 0.2) is 18.2 Å². The maximum Gasteiger partial charge on any atom is 0.339 e. The van der Waals surface area contributed by atoms with Gasteiger partial charge in [-0.3, -0.25) is 0 Å². The fraction of sp³-hybridized carbons (Fsp3) is 0.300. The molecule has 0 fully saturated rings. The molecule has 2 N–H and O–H groups in total. The van der Waals surface area contributed by atoms with E-state index in [2.05, 4.69) is 0 Å². The van der Waals surface area contributed by atoms with Crippen molar-refractivity contribution in [3.63, 3.8) is 0 Å². The minimum atomic E-state index is -1.12. The summed E-state index contributed by atoms with van der Waals surface area (Å²) in [5.74, 6) is -1.33. The number of ether oxygens (including phenoxy) is 1. The first-order chi connectivity index (χ1) is 6.65. The summed E-state index contributed by atoms with van der Waals surface area (Å²) in [6, 6.07) is 4.51. The fourth-order valence-electron chi connectivity index (χ4n) is 1.13. The number of aromatic carboxylic acids is 1. The van der Waals surface area contributed by atoms with E-state index >= 15 is 0 Å². The van der Waals surface area contributed by atoms with Gasteiger partial charge < -0.3 is 14.9 Å². The van der Waals surface area contributed by atoms with Crippen molar-refractivity contribution in [1.29, 1.82) is 0 Å². The molecule has 1 rings (SSSR count). The Bertz CT molecular complexity index is 333. The number of carboxylic acids is 1. The van der Waals surface area contributed by atoms with Crippen LogP contribution in [0.3, 0.4) is 0 Å². The van der Waals surface area contributed by atoms with E-state index in [0.717, 1.165) is 5.56 Å². The average Bonchev–Trinajstić information content (AvgIpc) is 2.14. The first-order valence-electron chi connectivity index (χ1n) is 4.19. The van der Waals surface area contributed by atoms with Gasteiger partial charge in [-0.1, -0.05) is 6.07 Å². The molecule has 0 aromatic heterocycles. The van der Waals surface area contributed by atoms with Crippen molar-refractivity contribution in [3.05, 3.63) is 29.3 Å². The standard InChI is InChI=1S/C10H12O4/c1-14-5-4-7-2-3-8(10(12)13)9(11)6-7/h2-3,6,11H,4-5H2,1H3,(H,12,13). The predicted molar refractivity (Wildman–Crippen MR) is 50.6 cm³/mol. The van der Waals surface area contributed by atoms with Crippen molar-refractivity contribution in [2.45, 2.75) is 6.42 Å². The van der Waals surface area contributed by atoms with Crippen LogP contribution in [0.2, 0.25) is 0 Å². The molecule has 14 heavy (non-hydrogen) atoms. The summed E-state index contributed by atoms with van der Waals surface area (Å²) in [5, 5.41) is 18.0. The van der Waals surface area contributed by atoms with Crippen LogP contribution >= 0.6 is 0 Å². The molecule has 1 aromatic rings. The highest BCUT2D eigenvalue weighted by Gasteiger charge is 2.08. The molecule has 4 nitrogen and oxygen atoms in total. The first kappa shape index (κ1) is 10.5. The number of hydrogen-bond donors (Lipinski definition) is 2. The van der Waals surface area contributed by atoms with Crippen LogP contribution in [0.5, 0.6) is 5.75 Å². The molecule has 0 amide bonds. The second-order valence-electron chi connectivity index (χ2n) is 2.90. The van der Waals surface area contributed by atoms with Gasteiger partial charge in [-0.2, -0.15) is 0 Å². The molecule has 4 heteroatoms. The molecular formula is C10H12O4. The summed E-state index contributed by atoms with van der Waals surface area (Å²) in [6.07, 6.45) is 0.657. The molecule has 76 valence electrons. The minimum Gasteiger partial charge on any atom is -0.507 e. The van der Waals surface area contributed by atoms with Gasteiger partial charge in [0, 0.05) is 7.11 Å². The number of aromatic hydroxyl groups is 1. The number of carbonyl (C=O) groups is 1. The smallest absolute Gasteiger partial charge is 0.339 e. The van der Waals surface area contributed by atoms with Crippen LogP contribution in [0.25, 0.3) is 0 Å². The topological polar surface area (TPSA) is 66.8 Å². The molecule has 0 aliphatic heterocycles. The lowest BCUT2D eigenvalue weighted by Crippen LogP contribution is -1.99. The molecule has 1 aromatic carbocycles. The zero-order valence-electron chi connectivity index (χ0n) is 7.86. The molecule has 0 saturated heterocycles. The van der Waals surface area contributed by atoms with E-state index in [4.69, 9.17) is 9.84 Å². The Hall–Kier alpha value is -1.55. The van der Waals surface area contributed by atoms with E-state index in [1.807, 2.05) is 0 Å². The number of phenols is 1. The third-order valence-corrected chi connectivity index (χ3v) is 1.89. The van der Waals surface area contributed by atoms with Gasteiger partial charge in [0.25, 0.3) is 0 Å². The van der Waals surface area contributed by atoms with Gasteiger partial charge in [0.05, 0.1) is 6.61 Å². The second-order valence-corrected chi connectivity index (χ2v) is 2.90. The quantitative estimate of drug-likeness (QED) is 0.761. The molecule has 0 aliphatic rings. The lowest BCUT2D eigenvalue weighted by atomic mass is 10.1. The van der Waals surface area contributed by atoms with Gasteiger partial charge in [-0.15, -0.1) is 0 Å². The Labute approximate surface area is 81.8 Å². The molecule has 0 saturated carbocycles. The third-order valence-electron chi connectivity index (χ3n) is 1.89. The van der Waals surface area contributed by atoms with Crippen molar-refractivity contribution < 1.29 is 19.7 Å². The molecule has 0 heterocycles. The lowest BCUT2D eigenvalue weighted by Gasteiger charge is -2.03. The van der Waals surface area contributed by atoms with E-state index in [1.54, 1.807) is 13.2 Å².